The van der Waals surface area contributed by atoms with Gasteiger partial charge in [0.1, 0.15) is 0 Å². The molecule has 2 rings (SSSR count). The highest BCUT2D eigenvalue weighted by molar-refractivity contribution is 6.31. The highest BCUT2D eigenvalue weighted by Crippen LogP contribution is 2.32. The molecular formula is C16H17ClF3NO4. The van der Waals surface area contributed by atoms with Crippen LogP contribution in [0.5, 0.6) is 0 Å². The first-order chi connectivity index (χ1) is 11.7. The van der Waals surface area contributed by atoms with Crippen LogP contribution in [-0.4, -0.2) is 36.7 Å². The summed E-state index contributed by atoms with van der Waals surface area (Å²) in [5.41, 5.74) is -1.31. The molecule has 9 heteroatoms. The molecule has 0 saturated carbocycles. The second kappa shape index (κ2) is 8.05. The van der Waals surface area contributed by atoms with E-state index in [1.165, 1.54) is 0 Å². The van der Waals surface area contributed by atoms with Crippen molar-refractivity contribution in [3.63, 3.8) is 0 Å². The minimum absolute atomic E-state index is 0.156. The van der Waals surface area contributed by atoms with Crippen LogP contribution in [0.15, 0.2) is 18.2 Å². The molecular weight excluding hydrogens is 363 g/mol. The smallest absolute Gasteiger partial charge is 0.416 e. The van der Waals surface area contributed by atoms with Gasteiger partial charge in [0.25, 0.3) is 5.91 Å². The summed E-state index contributed by atoms with van der Waals surface area (Å²) in [6, 6.07) is 2.52. The minimum atomic E-state index is -4.63. The first kappa shape index (κ1) is 19.5. The normalized spacial score (nSPS) is 17.1. The van der Waals surface area contributed by atoms with Crippen molar-refractivity contribution in [2.24, 2.45) is 11.8 Å². The maximum Gasteiger partial charge on any atom is 0.416 e. The zero-order valence-electron chi connectivity index (χ0n) is 13.1. The van der Waals surface area contributed by atoms with Crippen molar-refractivity contribution in [1.82, 2.24) is 5.32 Å². The maximum atomic E-state index is 12.8. The first-order valence-electron chi connectivity index (χ1n) is 7.65. The van der Waals surface area contributed by atoms with Crippen molar-refractivity contribution in [1.29, 1.82) is 0 Å². The monoisotopic (exact) mass is 379 g/mol. The van der Waals surface area contributed by atoms with E-state index in [0.29, 0.717) is 32.1 Å². The van der Waals surface area contributed by atoms with Crippen LogP contribution in [0.2, 0.25) is 5.02 Å². The Labute approximate surface area is 147 Å². The molecule has 1 unspecified atom stereocenters. The molecule has 0 radical (unpaired) electrons. The van der Waals surface area contributed by atoms with E-state index in [1.54, 1.807) is 0 Å². The second-order valence-corrected chi connectivity index (χ2v) is 6.27. The van der Waals surface area contributed by atoms with Crippen molar-refractivity contribution in [3.8, 4) is 0 Å². The molecule has 1 aromatic carbocycles. The van der Waals surface area contributed by atoms with Gasteiger partial charge in [-0.15, -0.1) is 0 Å². The molecule has 1 saturated heterocycles. The highest BCUT2D eigenvalue weighted by atomic mass is 35.5. The Morgan fingerprint density at radius 1 is 1.28 bits per heavy atom. The van der Waals surface area contributed by atoms with Crippen molar-refractivity contribution < 1.29 is 32.6 Å². The number of alkyl halides is 3. The summed E-state index contributed by atoms with van der Waals surface area (Å²) in [5, 5.41) is 11.5. The largest absolute Gasteiger partial charge is 0.481 e. The zero-order valence-corrected chi connectivity index (χ0v) is 13.9. The lowest BCUT2D eigenvalue weighted by Gasteiger charge is -2.27. The first-order valence-corrected chi connectivity index (χ1v) is 8.03. The Hall–Kier alpha value is -1.80. The number of aliphatic carboxylic acids is 1. The summed E-state index contributed by atoms with van der Waals surface area (Å²) in [5.74, 6) is -2.84. The van der Waals surface area contributed by atoms with E-state index in [2.05, 4.69) is 5.32 Å². The predicted octanol–water partition coefficient (Wildman–Crippen LogP) is 3.22. The number of carboxylic acid groups (broad SMARTS) is 1. The lowest BCUT2D eigenvalue weighted by Crippen LogP contribution is -2.39. The molecule has 1 aromatic rings. The Balaban J connectivity index is 2.08. The summed E-state index contributed by atoms with van der Waals surface area (Å²) in [7, 11) is 0. The number of hydrogen-bond donors (Lipinski definition) is 2. The molecule has 138 valence electrons. The standard InChI is InChI=1S/C16H17ClF3NO4/c17-12-6-10(5-11(7-12)16(18,19)20)14(22)21-8-13(15(23)24)9-1-3-25-4-2-9/h5-7,9,13H,1-4,8H2,(H,21,22)(H,23,24). The van der Waals surface area contributed by atoms with Gasteiger partial charge in [0.05, 0.1) is 11.5 Å². The average molecular weight is 380 g/mol. The van der Waals surface area contributed by atoms with Crippen molar-refractivity contribution >= 4 is 23.5 Å². The molecule has 1 fully saturated rings. The molecule has 25 heavy (non-hydrogen) atoms. The summed E-state index contributed by atoms with van der Waals surface area (Å²) < 4.78 is 43.6. The lowest BCUT2D eigenvalue weighted by molar-refractivity contribution is -0.144. The van der Waals surface area contributed by atoms with Crippen LogP contribution < -0.4 is 5.32 Å². The summed E-state index contributed by atoms with van der Waals surface area (Å²) >= 11 is 5.65. The molecule has 1 aliphatic rings. The van der Waals surface area contributed by atoms with Crippen LogP contribution in [0.4, 0.5) is 13.2 Å². The van der Waals surface area contributed by atoms with E-state index in [1.807, 2.05) is 0 Å². The average Bonchev–Trinajstić information content (AvgIpc) is 2.54. The Morgan fingerprint density at radius 2 is 1.92 bits per heavy atom. The molecule has 1 atom stereocenters. The third-order valence-corrected chi connectivity index (χ3v) is 4.34. The fourth-order valence-corrected chi connectivity index (χ4v) is 3.00. The summed E-state index contributed by atoms with van der Waals surface area (Å²) in [6.45, 7) is 0.726. The Morgan fingerprint density at radius 3 is 2.48 bits per heavy atom. The van der Waals surface area contributed by atoms with Gasteiger partial charge in [0.2, 0.25) is 0 Å². The molecule has 1 amide bonds. The molecule has 0 aromatic heterocycles. The predicted molar refractivity (Wildman–Crippen MR) is 83.5 cm³/mol. The van der Waals surface area contributed by atoms with Crippen LogP contribution >= 0.6 is 11.6 Å². The van der Waals surface area contributed by atoms with Gasteiger partial charge < -0.3 is 15.2 Å². The molecule has 0 spiro atoms. The van der Waals surface area contributed by atoms with Gasteiger partial charge in [0.15, 0.2) is 0 Å². The van der Waals surface area contributed by atoms with E-state index < -0.39 is 29.5 Å². The lowest BCUT2D eigenvalue weighted by atomic mass is 9.86. The van der Waals surface area contributed by atoms with Gasteiger partial charge in [-0.3, -0.25) is 9.59 Å². The van der Waals surface area contributed by atoms with Gasteiger partial charge in [-0.1, -0.05) is 11.6 Å². The number of carbonyl (C=O) groups excluding carboxylic acids is 1. The number of hydrogen-bond acceptors (Lipinski definition) is 3. The number of amides is 1. The topological polar surface area (TPSA) is 75.6 Å². The second-order valence-electron chi connectivity index (χ2n) is 5.83. The van der Waals surface area contributed by atoms with Crippen LogP contribution in [0.25, 0.3) is 0 Å². The van der Waals surface area contributed by atoms with E-state index in [-0.39, 0.29) is 23.0 Å². The van der Waals surface area contributed by atoms with Gasteiger partial charge >= 0.3 is 12.1 Å². The SMILES string of the molecule is O=C(NCC(C(=O)O)C1CCOCC1)c1cc(Cl)cc(C(F)(F)F)c1. The van der Waals surface area contributed by atoms with Crippen LogP contribution in [-0.2, 0) is 15.7 Å². The molecule has 0 aliphatic carbocycles. The van der Waals surface area contributed by atoms with Gasteiger partial charge in [-0.25, -0.2) is 0 Å². The number of benzene rings is 1. The number of halogens is 4. The van der Waals surface area contributed by atoms with E-state index in [4.69, 9.17) is 16.3 Å². The van der Waals surface area contributed by atoms with Gasteiger partial charge in [-0.2, -0.15) is 13.2 Å². The quantitative estimate of drug-likeness (QED) is 0.823. The third-order valence-electron chi connectivity index (χ3n) is 4.12. The van der Waals surface area contributed by atoms with Crippen LogP contribution in [0.1, 0.15) is 28.8 Å². The number of carbonyl (C=O) groups is 2. The number of ether oxygens (including phenoxy) is 1. The maximum absolute atomic E-state index is 12.8. The van der Waals surface area contributed by atoms with Gasteiger partial charge in [-0.05, 0) is 37.0 Å². The molecule has 1 aliphatic heterocycles. The van der Waals surface area contributed by atoms with Gasteiger partial charge in [0, 0.05) is 30.3 Å². The molecule has 5 nitrogen and oxygen atoms in total. The van der Waals surface area contributed by atoms with E-state index in [0.717, 1.165) is 12.1 Å². The molecule has 2 N–H and O–H groups in total. The fourth-order valence-electron chi connectivity index (χ4n) is 2.76. The minimum Gasteiger partial charge on any atom is -0.481 e. The van der Waals surface area contributed by atoms with Crippen molar-refractivity contribution in [2.75, 3.05) is 19.8 Å². The number of nitrogens with one attached hydrogen (secondary N) is 1. The molecule has 1 heterocycles. The molecule has 0 bridgehead atoms. The van der Waals surface area contributed by atoms with E-state index in [9.17, 15) is 27.9 Å². The Kier molecular flexibility index (Phi) is 6.29. The summed E-state index contributed by atoms with van der Waals surface area (Å²) in [4.78, 5) is 23.6. The fraction of sp³-hybridized carbons (Fsp3) is 0.500. The van der Waals surface area contributed by atoms with Crippen molar-refractivity contribution in [3.05, 3.63) is 34.3 Å². The highest BCUT2D eigenvalue weighted by Gasteiger charge is 2.33. The summed E-state index contributed by atoms with van der Waals surface area (Å²) in [6.07, 6.45) is -3.52. The Bertz CT molecular complexity index is 645. The van der Waals surface area contributed by atoms with Crippen molar-refractivity contribution in [2.45, 2.75) is 19.0 Å². The third kappa shape index (κ3) is 5.34. The number of carboxylic acids is 1. The van der Waals surface area contributed by atoms with Crippen LogP contribution in [0, 0.1) is 11.8 Å². The number of rotatable bonds is 5. The van der Waals surface area contributed by atoms with Crippen LogP contribution in [0.3, 0.4) is 0 Å². The van der Waals surface area contributed by atoms with E-state index >= 15 is 0 Å². The zero-order chi connectivity index (χ0) is 18.6.